The van der Waals surface area contributed by atoms with Gasteiger partial charge in [-0.25, -0.2) is 4.79 Å². The average Bonchev–Trinajstić information content (AvgIpc) is 3.16. The Balaban J connectivity index is 1.56. The molecule has 1 aromatic heterocycles. The van der Waals surface area contributed by atoms with E-state index < -0.39 is 11.6 Å². The smallest absolute Gasteiger partial charge is 0.325 e. The zero-order chi connectivity index (χ0) is 16.7. The molecule has 0 radical (unpaired) electrons. The molecule has 1 atom stereocenters. The SMILES string of the molecule is O=C(CN1C(=O)N[C@]2(CCCc3sccc32)C1=O)N1CCCCC1. The van der Waals surface area contributed by atoms with Crippen molar-refractivity contribution >= 4 is 29.2 Å². The Morgan fingerprint density at radius 3 is 2.79 bits per heavy atom. The van der Waals surface area contributed by atoms with E-state index in [-0.39, 0.29) is 18.4 Å². The number of rotatable bonds is 2. The summed E-state index contributed by atoms with van der Waals surface area (Å²) in [6, 6.07) is 1.50. The number of likely N-dealkylation sites (tertiary alicyclic amines) is 1. The highest BCUT2D eigenvalue weighted by Gasteiger charge is 2.54. The summed E-state index contributed by atoms with van der Waals surface area (Å²) in [4.78, 5) is 42.0. The molecule has 4 amide bonds. The Bertz CT molecular complexity index is 695. The normalized spacial score (nSPS) is 26.7. The molecule has 2 saturated heterocycles. The number of fused-ring (bicyclic) bond motifs is 2. The van der Waals surface area contributed by atoms with Crippen LogP contribution in [-0.2, 0) is 21.5 Å². The monoisotopic (exact) mass is 347 g/mol. The van der Waals surface area contributed by atoms with Gasteiger partial charge in [0.1, 0.15) is 12.1 Å². The molecule has 0 unspecified atom stereocenters. The molecule has 128 valence electrons. The van der Waals surface area contributed by atoms with Crippen LogP contribution >= 0.6 is 11.3 Å². The summed E-state index contributed by atoms with van der Waals surface area (Å²) in [5.74, 6) is -0.395. The first-order valence-electron chi connectivity index (χ1n) is 8.60. The van der Waals surface area contributed by atoms with Crippen LogP contribution in [0.1, 0.15) is 42.5 Å². The van der Waals surface area contributed by atoms with E-state index >= 15 is 0 Å². The standard InChI is InChI=1S/C17H21N3O3S/c21-14(19-8-2-1-3-9-19)11-20-15(22)17(18-16(20)23)7-4-5-13-12(17)6-10-24-13/h6,10H,1-5,7-9,11H2,(H,18,23)/t17-/m0/s1. The fourth-order valence-corrected chi connectivity index (χ4v) is 5.06. The van der Waals surface area contributed by atoms with Gasteiger partial charge in [0.15, 0.2) is 0 Å². The number of hydrogen-bond acceptors (Lipinski definition) is 4. The first-order chi connectivity index (χ1) is 11.6. The van der Waals surface area contributed by atoms with Crippen LogP contribution in [0.4, 0.5) is 4.79 Å². The number of nitrogens with one attached hydrogen (secondary N) is 1. The maximum absolute atomic E-state index is 13.0. The molecule has 0 bridgehead atoms. The molecule has 7 heteroatoms. The van der Waals surface area contributed by atoms with Gasteiger partial charge in [0, 0.05) is 23.5 Å². The van der Waals surface area contributed by atoms with Crippen molar-refractivity contribution in [1.29, 1.82) is 0 Å². The number of amides is 4. The summed E-state index contributed by atoms with van der Waals surface area (Å²) in [7, 11) is 0. The third kappa shape index (κ3) is 2.33. The summed E-state index contributed by atoms with van der Waals surface area (Å²) in [5, 5.41) is 4.86. The Morgan fingerprint density at radius 1 is 1.21 bits per heavy atom. The highest BCUT2D eigenvalue weighted by atomic mass is 32.1. The second-order valence-corrected chi connectivity index (χ2v) is 7.78. The lowest BCUT2D eigenvalue weighted by Crippen LogP contribution is -2.47. The lowest BCUT2D eigenvalue weighted by Gasteiger charge is -2.31. The molecule has 1 spiro atoms. The van der Waals surface area contributed by atoms with Crippen LogP contribution in [0.3, 0.4) is 0 Å². The molecule has 0 saturated carbocycles. The van der Waals surface area contributed by atoms with Gasteiger partial charge in [-0.1, -0.05) is 0 Å². The number of imide groups is 1. The van der Waals surface area contributed by atoms with Crippen molar-refractivity contribution in [3.8, 4) is 0 Å². The molecule has 24 heavy (non-hydrogen) atoms. The molecule has 4 rings (SSSR count). The maximum atomic E-state index is 13.0. The Hall–Kier alpha value is -1.89. The predicted molar refractivity (Wildman–Crippen MR) is 89.6 cm³/mol. The molecule has 1 aromatic rings. The third-order valence-electron chi connectivity index (χ3n) is 5.34. The lowest BCUT2D eigenvalue weighted by molar-refractivity contribution is -0.139. The summed E-state index contributed by atoms with van der Waals surface area (Å²) >= 11 is 1.63. The molecule has 3 aliphatic rings. The zero-order valence-corrected chi connectivity index (χ0v) is 14.4. The van der Waals surface area contributed by atoms with E-state index in [0.717, 1.165) is 55.7 Å². The number of thiophene rings is 1. The third-order valence-corrected chi connectivity index (χ3v) is 6.32. The minimum Gasteiger partial charge on any atom is -0.341 e. The molecule has 0 aromatic carbocycles. The van der Waals surface area contributed by atoms with Gasteiger partial charge in [-0.2, -0.15) is 0 Å². The number of urea groups is 1. The van der Waals surface area contributed by atoms with Gasteiger partial charge in [0.2, 0.25) is 5.91 Å². The fraction of sp³-hybridized carbons (Fsp3) is 0.588. The van der Waals surface area contributed by atoms with E-state index in [9.17, 15) is 14.4 Å². The van der Waals surface area contributed by atoms with Crippen molar-refractivity contribution < 1.29 is 14.4 Å². The van der Waals surface area contributed by atoms with E-state index in [1.54, 1.807) is 16.2 Å². The van der Waals surface area contributed by atoms with E-state index in [1.165, 1.54) is 4.88 Å². The van der Waals surface area contributed by atoms with Crippen LogP contribution in [0, 0.1) is 0 Å². The molecule has 6 nitrogen and oxygen atoms in total. The van der Waals surface area contributed by atoms with Gasteiger partial charge >= 0.3 is 6.03 Å². The number of hydrogen-bond donors (Lipinski definition) is 1. The van der Waals surface area contributed by atoms with Crippen LogP contribution in [0.15, 0.2) is 11.4 Å². The first-order valence-corrected chi connectivity index (χ1v) is 9.48. The molecular weight excluding hydrogens is 326 g/mol. The second-order valence-electron chi connectivity index (χ2n) is 6.78. The van der Waals surface area contributed by atoms with Gasteiger partial charge in [-0.15, -0.1) is 11.3 Å². The van der Waals surface area contributed by atoms with Crippen LogP contribution < -0.4 is 5.32 Å². The average molecular weight is 347 g/mol. The number of piperidine rings is 1. The van der Waals surface area contributed by atoms with E-state index in [4.69, 9.17) is 0 Å². The Morgan fingerprint density at radius 2 is 2.00 bits per heavy atom. The molecular formula is C17H21N3O3S. The maximum Gasteiger partial charge on any atom is 0.325 e. The van der Waals surface area contributed by atoms with Crippen molar-refractivity contribution in [2.75, 3.05) is 19.6 Å². The van der Waals surface area contributed by atoms with Crippen LogP contribution in [0.5, 0.6) is 0 Å². The van der Waals surface area contributed by atoms with Gasteiger partial charge in [-0.05, 0) is 50.0 Å². The lowest BCUT2D eigenvalue weighted by atomic mass is 9.80. The molecule has 2 aliphatic heterocycles. The van der Waals surface area contributed by atoms with Gasteiger partial charge in [0.05, 0.1) is 0 Å². The first kappa shape index (κ1) is 15.6. The number of carbonyl (C=O) groups is 3. The fourth-order valence-electron chi connectivity index (χ4n) is 4.06. The Labute approximate surface area is 144 Å². The Kier molecular flexibility index (Phi) is 3.83. The molecule has 1 N–H and O–H groups in total. The van der Waals surface area contributed by atoms with Crippen molar-refractivity contribution in [1.82, 2.24) is 15.1 Å². The van der Waals surface area contributed by atoms with E-state index in [1.807, 2.05) is 11.4 Å². The second kappa shape index (κ2) is 5.88. The molecule has 2 fully saturated rings. The quantitative estimate of drug-likeness (QED) is 0.830. The number of nitrogens with zero attached hydrogens (tertiary/aromatic N) is 2. The summed E-state index contributed by atoms with van der Waals surface area (Å²) < 4.78 is 0. The van der Waals surface area contributed by atoms with Gasteiger partial charge in [-0.3, -0.25) is 14.5 Å². The zero-order valence-electron chi connectivity index (χ0n) is 13.5. The van der Waals surface area contributed by atoms with Crippen molar-refractivity contribution in [2.24, 2.45) is 0 Å². The minimum atomic E-state index is -0.952. The predicted octanol–water partition coefficient (Wildman–Crippen LogP) is 1.84. The van der Waals surface area contributed by atoms with Crippen LogP contribution in [-0.4, -0.2) is 47.3 Å². The van der Waals surface area contributed by atoms with Crippen molar-refractivity contribution in [3.05, 3.63) is 21.9 Å². The van der Waals surface area contributed by atoms with E-state index in [0.29, 0.717) is 6.42 Å². The topological polar surface area (TPSA) is 69.7 Å². The van der Waals surface area contributed by atoms with Crippen LogP contribution in [0.2, 0.25) is 0 Å². The largest absolute Gasteiger partial charge is 0.341 e. The molecule has 1 aliphatic carbocycles. The number of carbonyl (C=O) groups excluding carboxylic acids is 3. The van der Waals surface area contributed by atoms with Crippen molar-refractivity contribution in [3.63, 3.8) is 0 Å². The minimum absolute atomic E-state index is 0.128. The summed E-state index contributed by atoms with van der Waals surface area (Å²) in [5.41, 5.74) is -0.0302. The highest BCUT2D eigenvalue weighted by molar-refractivity contribution is 7.10. The van der Waals surface area contributed by atoms with Gasteiger partial charge in [0.25, 0.3) is 5.91 Å². The highest BCUT2D eigenvalue weighted by Crippen LogP contribution is 2.42. The molecule has 3 heterocycles. The van der Waals surface area contributed by atoms with Gasteiger partial charge < -0.3 is 10.2 Å². The van der Waals surface area contributed by atoms with E-state index in [2.05, 4.69) is 5.32 Å². The number of aryl methyl sites for hydroxylation is 1. The van der Waals surface area contributed by atoms with Crippen LogP contribution in [0.25, 0.3) is 0 Å². The summed E-state index contributed by atoms with van der Waals surface area (Å²) in [6.45, 7) is 1.30. The summed E-state index contributed by atoms with van der Waals surface area (Å²) in [6.07, 6.45) is 5.55. The van der Waals surface area contributed by atoms with Crippen molar-refractivity contribution in [2.45, 2.75) is 44.1 Å².